The van der Waals surface area contributed by atoms with Crippen LogP contribution in [0.5, 0.6) is 0 Å². The molecule has 0 aliphatic carbocycles. The van der Waals surface area contributed by atoms with Crippen molar-refractivity contribution in [2.45, 2.75) is 0 Å². The zero-order chi connectivity index (χ0) is 9.94. The third kappa shape index (κ3) is 8.78. The minimum Gasteiger partial charge on any atom is -0.458 e. The molecular formula is C9H11O3Si. The van der Waals surface area contributed by atoms with Gasteiger partial charge >= 0.3 is 5.97 Å². The lowest BCUT2D eigenvalue weighted by atomic mass is 10.4. The van der Waals surface area contributed by atoms with Crippen LogP contribution < -0.4 is 0 Å². The molecule has 3 nitrogen and oxygen atoms in total. The Morgan fingerprint density at radius 3 is 2.46 bits per heavy atom. The number of carbonyl (C=O) groups excluding carboxylic acids is 1. The van der Waals surface area contributed by atoms with Gasteiger partial charge in [0, 0.05) is 6.08 Å². The van der Waals surface area contributed by atoms with E-state index >= 15 is 0 Å². The first kappa shape index (κ1) is 11.9. The summed E-state index contributed by atoms with van der Waals surface area (Å²) in [7, 11) is 2.85. The smallest absolute Gasteiger partial charge is 0.330 e. The molecule has 0 bridgehead atoms. The molecule has 0 aliphatic heterocycles. The van der Waals surface area contributed by atoms with Crippen LogP contribution in [-0.4, -0.2) is 29.7 Å². The van der Waals surface area contributed by atoms with E-state index in [0.29, 0.717) is 6.61 Å². The monoisotopic (exact) mass is 195 g/mol. The molecule has 3 radical (unpaired) electrons. The van der Waals surface area contributed by atoms with Crippen molar-refractivity contribution in [1.29, 1.82) is 0 Å². The molecule has 69 valence electrons. The fraction of sp³-hybridized carbons (Fsp3) is 0.222. The Hall–Kier alpha value is -1.13. The topological polar surface area (TPSA) is 35.5 Å². The van der Waals surface area contributed by atoms with Gasteiger partial charge in [-0.1, -0.05) is 24.8 Å². The van der Waals surface area contributed by atoms with Crippen LogP contribution in [0.15, 0.2) is 37.0 Å². The van der Waals surface area contributed by atoms with Crippen LogP contribution in [-0.2, 0) is 14.0 Å². The molecule has 0 rings (SSSR count). The van der Waals surface area contributed by atoms with Crippen molar-refractivity contribution < 1.29 is 14.0 Å². The van der Waals surface area contributed by atoms with Crippen molar-refractivity contribution in [2.75, 3.05) is 13.2 Å². The van der Waals surface area contributed by atoms with E-state index < -0.39 is 5.97 Å². The third-order valence-electron chi connectivity index (χ3n) is 1.05. The second-order valence-corrected chi connectivity index (χ2v) is 2.29. The van der Waals surface area contributed by atoms with Crippen LogP contribution in [0.4, 0.5) is 0 Å². The van der Waals surface area contributed by atoms with Gasteiger partial charge in [-0.25, -0.2) is 4.79 Å². The average molecular weight is 195 g/mol. The van der Waals surface area contributed by atoms with Crippen LogP contribution in [0.2, 0.25) is 0 Å². The number of hydrogen-bond acceptors (Lipinski definition) is 3. The summed E-state index contributed by atoms with van der Waals surface area (Å²) in [5.74, 6) is -0.419. The normalized spacial score (nSPS) is 10.8. The summed E-state index contributed by atoms with van der Waals surface area (Å²) in [5, 5.41) is 0. The van der Waals surface area contributed by atoms with E-state index in [1.54, 1.807) is 24.3 Å². The summed E-state index contributed by atoms with van der Waals surface area (Å²) in [6, 6.07) is 0. The highest BCUT2D eigenvalue weighted by molar-refractivity contribution is 5.98. The predicted octanol–water partition coefficient (Wildman–Crippen LogP) is 0.928. The number of allylic oxidation sites excluding steroid dienone is 2. The maximum absolute atomic E-state index is 10.5. The molecule has 4 heteroatoms. The first-order chi connectivity index (χ1) is 6.31. The molecule has 0 aromatic heterocycles. The van der Waals surface area contributed by atoms with E-state index in [9.17, 15) is 4.79 Å². The Balaban J connectivity index is 3.41. The van der Waals surface area contributed by atoms with Crippen molar-refractivity contribution in [1.82, 2.24) is 0 Å². The van der Waals surface area contributed by atoms with Gasteiger partial charge in [-0.3, -0.25) is 0 Å². The number of carbonyl (C=O) groups is 1. The quantitative estimate of drug-likeness (QED) is 0.274. The molecule has 0 spiro atoms. The highest BCUT2D eigenvalue weighted by Crippen LogP contribution is 1.82. The molecule has 13 heavy (non-hydrogen) atoms. The van der Waals surface area contributed by atoms with Gasteiger partial charge < -0.3 is 9.16 Å². The second kappa shape index (κ2) is 8.96. The molecule has 0 atom stereocenters. The Morgan fingerprint density at radius 1 is 1.31 bits per heavy atom. The number of hydrogen-bond donors (Lipinski definition) is 0. The first-order valence-corrected chi connectivity index (χ1v) is 4.11. The minimum absolute atomic E-state index is 0.254. The molecule has 0 unspecified atom stereocenters. The highest BCUT2D eigenvalue weighted by atomic mass is 28.2. The van der Waals surface area contributed by atoms with Gasteiger partial charge in [-0.2, -0.15) is 0 Å². The van der Waals surface area contributed by atoms with Crippen LogP contribution >= 0.6 is 0 Å². The summed E-state index contributed by atoms with van der Waals surface area (Å²) in [6.45, 7) is 4.01. The van der Waals surface area contributed by atoms with Gasteiger partial charge in [0.15, 0.2) is 0 Å². The lowest BCUT2D eigenvalue weighted by Crippen LogP contribution is -1.98. The highest BCUT2D eigenvalue weighted by Gasteiger charge is 1.88. The number of rotatable bonds is 6. The molecule has 0 N–H and O–H groups in total. The Morgan fingerprint density at radius 2 is 1.92 bits per heavy atom. The zero-order valence-electron chi connectivity index (χ0n) is 7.23. The van der Waals surface area contributed by atoms with Crippen molar-refractivity contribution in [3.8, 4) is 0 Å². The Bertz CT molecular complexity index is 209. The summed E-state index contributed by atoms with van der Waals surface area (Å²) in [6.07, 6.45) is 8.20. The minimum atomic E-state index is -0.419. The number of esters is 1. The fourth-order valence-electron chi connectivity index (χ4n) is 0.506. The van der Waals surface area contributed by atoms with Crippen LogP contribution in [0.3, 0.4) is 0 Å². The standard InChI is InChI=1S/C9H11O3Si/c1-2-9(10)11-7-5-3-4-6-8-12-13/h2-6H,1,7-8H2/b5-3+,6-4+. The van der Waals surface area contributed by atoms with Crippen molar-refractivity contribution in [3.05, 3.63) is 37.0 Å². The largest absolute Gasteiger partial charge is 0.458 e. The zero-order valence-corrected chi connectivity index (χ0v) is 8.23. The molecule has 0 aliphatic rings. The average Bonchev–Trinajstić information content (AvgIpc) is 2.16. The fourth-order valence-corrected chi connectivity index (χ4v) is 0.602. The van der Waals surface area contributed by atoms with E-state index in [-0.39, 0.29) is 6.61 Å². The maximum atomic E-state index is 10.5. The summed E-state index contributed by atoms with van der Waals surface area (Å²) in [4.78, 5) is 10.5. The van der Waals surface area contributed by atoms with Gasteiger partial charge in [0.1, 0.15) is 6.61 Å². The van der Waals surface area contributed by atoms with Gasteiger partial charge in [0.25, 0.3) is 0 Å². The molecular weight excluding hydrogens is 184 g/mol. The molecule has 0 aromatic rings. The molecule has 0 saturated heterocycles. The molecule has 0 fully saturated rings. The predicted molar refractivity (Wildman–Crippen MR) is 51.1 cm³/mol. The van der Waals surface area contributed by atoms with Gasteiger partial charge in [0.05, 0.1) is 6.61 Å². The SMILES string of the molecule is C=CC(=O)OC/C=C/C=C/CO[Si]. The van der Waals surface area contributed by atoms with E-state index in [4.69, 9.17) is 0 Å². The maximum Gasteiger partial charge on any atom is 0.330 e. The summed E-state index contributed by atoms with van der Waals surface area (Å²) < 4.78 is 9.27. The van der Waals surface area contributed by atoms with Crippen LogP contribution in [0.1, 0.15) is 0 Å². The second-order valence-electron chi connectivity index (χ2n) is 2.00. The van der Waals surface area contributed by atoms with Crippen LogP contribution in [0.25, 0.3) is 0 Å². The molecule has 0 aromatic carbocycles. The molecule has 0 saturated carbocycles. The lowest BCUT2D eigenvalue weighted by molar-refractivity contribution is -0.136. The lowest BCUT2D eigenvalue weighted by Gasteiger charge is -1.93. The molecule has 0 amide bonds. The Kier molecular flexibility index (Phi) is 8.18. The Labute approximate surface area is 81.3 Å². The van der Waals surface area contributed by atoms with E-state index in [1.807, 2.05) is 0 Å². The summed E-state index contributed by atoms with van der Waals surface area (Å²) >= 11 is 0. The summed E-state index contributed by atoms with van der Waals surface area (Å²) in [5.41, 5.74) is 0. The van der Waals surface area contributed by atoms with Gasteiger partial charge in [0.2, 0.25) is 10.5 Å². The third-order valence-corrected chi connectivity index (χ3v) is 1.22. The van der Waals surface area contributed by atoms with E-state index in [2.05, 4.69) is 26.2 Å². The van der Waals surface area contributed by atoms with E-state index in [0.717, 1.165) is 6.08 Å². The van der Waals surface area contributed by atoms with Crippen LogP contribution in [0, 0.1) is 0 Å². The van der Waals surface area contributed by atoms with Crippen molar-refractivity contribution >= 4 is 16.5 Å². The van der Waals surface area contributed by atoms with Crippen molar-refractivity contribution in [2.24, 2.45) is 0 Å². The van der Waals surface area contributed by atoms with Gasteiger partial charge in [-0.05, 0) is 6.08 Å². The molecule has 0 heterocycles. The van der Waals surface area contributed by atoms with E-state index in [1.165, 1.54) is 0 Å². The number of ether oxygens (including phenoxy) is 1. The first-order valence-electron chi connectivity index (χ1n) is 3.70. The van der Waals surface area contributed by atoms with Crippen molar-refractivity contribution in [3.63, 3.8) is 0 Å². The van der Waals surface area contributed by atoms with Gasteiger partial charge in [-0.15, -0.1) is 0 Å².